The van der Waals surface area contributed by atoms with Crippen LogP contribution in [0.2, 0.25) is 0 Å². The van der Waals surface area contributed by atoms with Gasteiger partial charge in [-0.15, -0.1) is 0 Å². The molecule has 0 aromatic heterocycles. The number of rotatable bonds is 6. The van der Waals surface area contributed by atoms with E-state index in [0.717, 1.165) is 49.6 Å². The number of methoxy groups -OCH3 is 2. The SMILES string of the molecule is COCC1=C(C(=O)OC)[C@H](c2ccc(F)c(F)c2)NC(=O)N1C(=O)Oc1ccc([N+](=O)[O-])cc1. The van der Waals surface area contributed by atoms with Crippen LogP contribution in [0.5, 0.6) is 5.75 Å². The third kappa shape index (κ3) is 4.83. The van der Waals surface area contributed by atoms with Crippen LogP contribution in [0.25, 0.3) is 0 Å². The molecule has 1 aliphatic heterocycles. The van der Waals surface area contributed by atoms with Crippen LogP contribution in [0.1, 0.15) is 11.6 Å². The number of hydrogen-bond acceptors (Lipinski definition) is 8. The van der Waals surface area contributed by atoms with Crippen molar-refractivity contribution in [2.24, 2.45) is 0 Å². The Bertz CT molecular complexity index is 1180. The normalized spacial score (nSPS) is 15.6. The number of amides is 3. The van der Waals surface area contributed by atoms with Gasteiger partial charge in [-0.25, -0.2) is 23.2 Å². The van der Waals surface area contributed by atoms with Crippen LogP contribution in [0.3, 0.4) is 0 Å². The van der Waals surface area contributed by atoms with Gasteiger partial charge in [-0.1, -0.05) is 6.07 Å². The predicted octanol–water partition coefficient (Wildman–Crippen LogP) is 3.21. The number of carbonyl (C=O) groups excluding carboxylic acids is 3. The first-order chi connectivity index (χ1) is 16.2. The molecule has 2 aromatic carbocycles. The van der Waals surface area contributed by atoms with E-state index in [1.807, 2.05) is 0 Å². The minimum atomic E-state index is -1.30. The summed E-state index contributed by atoms with van der Waals surface area (Å²) in [7, 11) is 2.29. The van der Waals surface area contributed by atoms with Gasteiger partial charge < -0.3 is 19.5 Å². The quantitative estimate of drug-likeness (QED) is 0.380. The Morgan fingerprint density at radius 2 is 1.79 bits per heavy atom. The molecule has 2 aromatic rings. The lowest BCUT2D eigenvalue weighted by atomic mass is 9.94. The lowest BCUT2D eigenvalue weighted by Gasteiger charge is -2.34. The second-order valence-electron chi connectivity index (χ2n) is 6.80. The van der Waals surface area contributed by atoms with Gasteiger partial charge in [0.05, 0.1) is 36.0 Å². The number of imide groups is 1. The van der Waals surface area contributed by atoms with Gasteiger partial charge in [0.1, 0.15) is 5.75 Å². The summed E-state index contributed by atoms with van der Waals surface area (Å²) in [6.45, 7) is -0.437. The molecular weight excluding hydrogens is 460 g/mol. The highest BCUT2D eigenvalue weighted by Gasteiger charge is 2.42. The third-order valence-electron chi connectivity index (χ3n) is 4.74. The second-order valence-corrected chi connectivity index (χ2v) is 6.80. The molecule has 0 fully saturated rings. The van der Waals surface area contributed by atoms with Crippen LogP contribution < -0.4 is 10.1 Å². The van der Waals surface area contributed by atoms with Gasteiger partial charge in [0, 0.05) is 19.2 Å². The molecule has 34 heavy (non-hydrogen) atoms. The fourth-order valence-corrected chi connectivity index (χ4v) is 3.21. The van der Waals surface area contributed by atoms with Gasteiger partial charge in [0.15, 0.2) is 11.6 Å². The smallest absolute Gasteiger partial charge is 0.427 e. The molecule has 178 valence electrons. The monoisotopic (exact) mass is 477 g/mol. The van der Waals surface area contributed by atoms with Crippen molar-refractivity contribution >= 4 is 23.8 Å². The largest absolute Gasteiger partial charge is 0.466 e. The Labute approximate surface area is 190 Å². The number of nitro benzene ring substituents is 1. The van der Waals surface area contributed by atoms with E-state index in [9.17, 15) is 33.3 Å². The minimum absolute atomic E-state index is 0.00430. The number of ether oxygens (including phenoxy) is 3. The molecule has 1 atom stereocenters. The lowest BCUT2D eigenvalue weighted by molar-refractivity contribution is -0.384. The highest BCUT2D eigenvalue weighted by atomic mass is 19.2. The summed E-state index contributed by atoms with van der Waals surface area (Å²) < 4.78 is 42.2. The van der Waals surface area contributed by atoms with E-state index in [0.29, 0.717) is 4.90 Å². The van der Waals surface area contributed by atoms with Crippen molar-refractivity contribution in [1.82, 2.24) is 10.2 Å². The predicted molar refractivity (Wildman–Crippen MR) is 110 cm³/mol. The van der Waals surface area contributed by atoms with Gasteiger partial charge in [0.2, 0.25) is 0 Å². The second kappa shape index (κ2) is 10.0. The Morgan fingerprint density at radius 1 is 1.12 bits per heavy atom. The van der Waals surface area contributed by atoms with Gasteiger partial charge in [0.25, 0.3) is 5.69 Å². The maximum absolute atomic E-state index is 13.8. The van der Waals surface area contributed by atoms with Crippen LogP contribution in [-0.4, -0.2) is 48.7 Å². The number of esters is 1. The maximum atomic E-state index is 13.8. The summed E-state index contributed by atoms with van der Waals surface area (Å²) in [4.78, 5) is 48.9. The Balaban J connectivity index is 2.05. The summed E-state index contributed by atoms with van der Waals surface area (Å²) in [5.74, 6) is -3.46. The average molecular weight is 477 g/mol. The molecule has 0 bridgehead atoms. The van der Waals surface area contributed by atoms with Gasteiger partial charge in [-0.05, 0) is 29.8 Å². The number of carbonyl (C=O) groups is 3. The number of urea groups is 1. The first-order valence-electron chi connectivity index (χ1n) is 9.50. The number of benzene rings is 2. The van der Waals surface area contributed by atoms with Crippen LogP contribution >= 0.6 is 0 Å². The van der Waals surface area contributed by atoms with Crippen LogP contribution in [0.4, 0.5) is 24.1 Å². The molecule has 0 saturated heterocycles. The first kappa shape index (κ1) is 24.3. The average Bonchev–Trinajstić information content (AvgIpc) is 2.80. The highest BCUT2D eigenvalue weighted by Crippen LogP contribution is 2.33. The first-order valence-corrected chi connectivity index (χ1v) is 9.50. The topological polar surface area (TPSA) is 137 Å². The van der Waals surface area contributed by atoms with E-state index in [1.54, 1.807) is 0 Å². The third-order valence-corrected chi connectivity index (χ3v) is 4.74. The van der Waals surface area contributed by atoms with Crippen molar-refractivity contribution in [1.29, 1.82) is 0 Å². The lowest BCUT2D eigenvalue weighted by Crippen LogP contribution is -2.52. The maximum Gasteiger partial charge on any atom is 0.427 e. The number of nitrogens with one attached hydrogen (secondary N) is 1. The fraction of sp³-hybridized carbons (Fsp3) is 0.190. The molecule has 3 rings (SSSR count). The summed E-state index contributed by atoms with van der Waals surface area (Å²) >= 11 is 0. The summed E-state index contributed by atoms with van der Waals surface area (Å²) in [6, 6.07) is 4.86. The van der Waals surface area contributed by atoms with Crippen molar-refractivity contribution in [3.8, 4) is 5.75 Å². The van der Waals surface area contributed by atoms with E-state index in [4.69, 9.17) is 14.2 Å². The molecule has 0 saturated carbocycles. The Hall–Kier alpha value is -4.39. The molecule has 3 amide bonds. The van der Waals surface area contributed by atoms with E-state index < -0.39 is 47.3 Å². The van der Waals surface area contributed by atoms with Gasteiger partial charge >= 0.3 is 18.1 Å². The van der Waals surface area contributed by atoms with E-state index in [1.165, 1.54) is 7.11 Å². The van der Waals surface area contributed by atoms with E-state index in [2.05, 4.69) is 5.32 Å². The number of nitrogens with zero attached hydrogens (tertiary/aromatic N) is 2. The van der Waals surface area contributed by atoms with Crippen LogP contribution in [-0.2, 0) is 14.3 Å². The molecule has 0 unspecified atom stereocenters. The van der Waals surface area contributed by atoms with E-state index in [-0.39, 0.29) is 28.3 Å². The number of nitro groups is 1. The molecule has 1 aliphatic rings. The molecular formula is C21H17F2N3O8. The molecule has 0 radical (unpaired) electrons. The number of halogens is 2. The molecule has 0 spiro atoms. The Morgan fingerprint density at radius 3 is 2.35 bits per heavy atom. The summed E-state index contributed by atoms with van der Waals surface area (Å²) in [6.07, 6.45) is -1.26. The summed E-state index contributed by atoms with van der Waals surface area (Å²) in [5.41, 5.74) is -0.794. The van der Waals surface area contributed by atoms with Crippen molar-refractivity contribution in [3.63, 3.8) is 0 Å². The zero-order chi connectivity index (χ0) is 25.0. The fourth-order valence-electron chi connectivity index (χ4n) is 3.21. The van der Waals surface area contributed by atoms with E-state index >= 15 is 0 Å². The molecule has 1 N–H and O–H groups in total. The van der Waals surface area contributed by atoms with Crippen molar-refractivity contribution in [2.75, 3.05) is 20.8 Å². The van der Waals surface area contributed by atoms with Crippen molar-refractivity contribution in [3.05, 3.63) is 81.0 Å². The Kier molecular flexibility index (Phi) is 7.16. The van der Waals surface area contributed by atoms with Gasteiger partial charge in [-0.2, -0.15) is 4.90 Å². The zero-order valence-electron chi connectivity index (χ0n) is 17.7. The van der Waals surface area contributed by atoms with Crippen LogP contribution in [0.15, 0.2) is 53.7 Å². The minimum Gasteiger partial charge on any atom is -0.466 e. The van der Waals surface area contributed by atoms with Crippen molar-refractivity contribution < 1.29 is 42.3 Å². The molecule has 11 nitrogen and oxygen atoms in total. The van der Waals surface area contributed by atoms with Crippen LogP contribution in [0, 0.1) is 21.7 Å². The number of non-ortho nitro benzene ring substituents is 1. The van der Waals surface area contributed by atoms with Crippen molar-refractivity contribution in [2.45, 2.75) is 6.04 Å². The zero-order valence-corrected chi connectivity index (χ0v) is 17.7. The highest BCUT2D eigenvalue weighted by molar-refractivity contribution is 6.01. The molecule has 0 aliphatic carbocycles. The summed E-state index contributed by atoms with van der Waals surface area (Å²) in [5, 5.41) is 13.2. The molecule has 13 heteroatoms. The standard InChI is InChI=1S/C21H17F2N3O8/c1-32-10-16-17(19(27)33-2)18(11-3-8-14(22)15(23)9-11)24-20(28)25(16)21(29)34-13-6-4-12(5-7-13)26(30)31/h3-9,18H,10H2,1-2H3,(H,24,28)/t18-/m0/s1. The van der Waals surface area contributed by atoms with Gasteiger partial charge in [-0.3, -0.25) is 10.1 Å². The number of hydrogen-bond donors (Lipinski definition) is 1. The molecule has 1 heterocycles.